The molecule has 6 N–H and O–H groups in total. The van der Waals surface area contributed by atoms with Gasteiger partial charge in [0.1, 0.15) is 6.04 Å². The molecule has 6 heteroatoms. The lowest BCUT2D eigenvalue weighted by molar-refractivity contribution is -0.127. The monoisotopic (exact) mass is 217 g/mol. The van der Waals surface area contributed by atoms with Gasteiger partial charge in [-0.2, -0.15) is 0 Å². The summed E-state index contributed by atoms with van der Waals surface area (Å²) in [5, 5.41) is 11.0. The average Bonchev–Trinajstić information content (AvgIpc) is 2.16. The largest absolute Gasteiger partial charge is 0.396 e. The first-order valence-electron chi connectivity index (χ1n) is 5.01. The molecule has 0 aromatic carbocycles. The van der Waals surface area contributed by atoms with Crippen molar-refractivity contribution in [3.8, 4) is 0 Å². The van der Waals surface area contributed by atoms with E-state index in [0.29, 0.717) is 13.0 Å². The maximum Gasteiger partial charge on any atom is 0.239 e. The first-order chi connectivity index (χ1) is 7.11. The van der Waals surface area contributed by atoms with E-state index in [1.807, 2.05) is 0 Å². The van der Waals surface area contributed by atoms with Crippen molar-refractivity contribution >= 4 is 11.8 Å². The topological polar surface area (TPSA) is 118 Å². The molecule has 0 bridgehead atoms. The van der Waals surface area contributed by atoms with E-state index in [9.17, 15) is 9.59 Å². The highest BCUT2D eigenvalue weighted by Crippen LogP contribution is 2.00. The zero-order valence-corrected chi connectivity index (χ0v) is 8.74. The molecule has 1 atom stereocenters. The lowest BCUT2D eigenvalue weighted by atomic mass is 10.1. The van der Waals surface area contributed by atoms with E-state index in [4.69, 9.17) is 16.6 Å². The van der Waals surface area contributed by atoms with Crippen LogP contribution in [0.5, 0.6) is 0 Å². The number of nitrogens with two attached hydrogens (primary N) is 2. The summed E-state index contributed by atoms with van der Waals surface area (Å²) in [5.74, 6) is -0.924. The van der Waals surface area contributed by atoms with Crippen molar-refractivity contribution in [2.45, 2.75) is 31.7 Å². The van der Waals surface area contributed by atoms with E-state index in [-0.39, 0.29) is 18.9 Å². The average molecular weight is 217 g/mol. The highest BCUT2D eigenvalue weighted by Gasteiger charge is 2.16. The van der Waals surface area contributed by atoms with E-state index in [1.54, 1.807) is 0 Å². The number of aliphatic hydroxyl groups excluding tert-OH is 1. The maximum absolute atomic E-state index is 11.1. The minimum Gasteiger partial charge on any atom is -0.396 e. The van der Waals surface area contributed by atoms with Gasteiger partial charge in [-0.25, -0.2) is 0 Å². The summed E-state index contributed by atoms with van der Waals surface area (Å²) >= 11 is 0. The minimum absolute atomic E-state index is 0.0132. The molecule has 0 aromatic heterocycles. The van der Waals surface area contributed by atoms with Crippen molar-refractivity contribution in [3.63, 3.8) is 0 Å². The normalized spacial score (nSPS) is 12.1. The summed E-state index contributed by atoms with van der Waals surface area (Å²) in [5.41, 5.74) is 10.4. The van der Waals surface area contributed by atoms with Gasteiger partial charge in [-0.15, -0.1) is 0 Å². The number of carbonyl (C=O) groups excluding carboxylic acids is 2. The molecule has 0 saturated heterocycles. The molecule has 2 amide bonds. The lowest BCUT2D eigenvalue weighted by Crippen LogP contribution is -2.44. The third kappa shape index (κ3) is 6.87. The number of amides is 2. The predicted octanol–water partition coefficient (Wildman–Crippen LogP) is -1.53. The second kappa shape index (κ2) is 8.19. The van der Waals surface area contributed by atoms with E-state index in [2.05, 4.69) is 5.32 Å². The van der Waals surface area contributed by atoms with Crippen LogP contribution in [0.4, 0.5) is 0 Å². The molecule has 0 saturated carbocycles. The van der Waals surface area contributed by atoms with Crippen LogP contribution in [-0.2, 0) is 9.59 Å². The molecule has 15 heavy (non-hydrogen) atoms. The fraction of sp³-hybridized carbons (Fsp3) is 0.778. The van der Waals surface area contributed by atoms with Gasteiger partial charge in [0.2, 0.25) is 11.8 Å². The van der Waals surface area contributed by atoms with Crippen LogP contribution in [-0.4, -0.2) is 36.1 Å². The van der Waals surface area contributed by atoms with Crippen LogP contribution in [0.1, 0.15) is 25.7 Å². The molecular weight excluding hydrogens is 198 g/mol. The Morgan fingerprint density at radius 3 is 2.47 bits per heavy atom. The van der Waals surface area contributed by atoms with E-state index >= 15 is 0 Å². The second-order valence-corrected chi connectivity index (χ2v) is 3.28. The third-order valence-electron chi connectivity index (χ3n) is 1.96. The molecule has 6 nitrogen and oxygen atoms in total. The molecule has 0 unspecified atom stereocenters. The van der Waals surface area contributed by atoms with E-state index in [0.717, 1.165) is 12.8 Å². The fourth-order valence-corrected chi connectivity index (χ4v) is 1.15. The van der Waals surface area contributed by atoms with Crippen molar-refractivity contribution in [2.24, 2.45) is 11.5 Å². The Morgan fingerprint density at radius 1 is 1.33 bits per heavy atom. The molecule has 0 aliphatic carbocycles. The quantitative estimate of drug-likeness (QED) is 0.369. The van der Waals surface area contributed by atoms with Gasteiger partial charge in [-0.3, -0.25) is 9.59 Å². The van der Waals surface area contributed by atoms with Crippen molar-refractivity contribution < 1.29 is 14.7 Å². The van der Waals surface area contributed by atoms with Gasteiger partial charge >= 0.3 is 0 Å². The molecule has 0 radical (unpaired) electrons. The summed E-state index contributed by atoms with van der Waals surface area (Å²) < 4.78 is 0. The van der Waals surface area contributed by atoms with Crippen LogP contribution in [0.3, 0.4) is 0 Å². The number of nitrogens with one attached hydrogen (secondary N) is 1. The SMILES string of the molecule is NCCCC[C@H](NC(=O)CCO)C(N)=O. The van der Waals surface area contributed by atoms with Gasteiger partial charge < -0.3 is 21.9 Å². The number of unbranched alkanes of at least 4 members (excludes halogenated alkanes) is 1. The minimum atomic E-state index is -0.657. The van der Waals surface area contributed by atoms with Crippen molar-refractivity contribution in [1.82, 2.24) is 5.32 Å². The summed E-state index contributed by atoms with van der Waals surface area (Å²) in [7, 11) is 0. The summed E-state index contributed by atoms with van der Waals surface area (Å²) in [6.45, 7) is 0.316. The van der Waals surface area contributed by atoms with Crippen molar-refractivity contribution in [2.75, 3.05) is 13.2 Å². The molecule has 88 valence electrons. The van der Waals surface area contributed by atoms with Gasteiger partial charge in [0.25, 0.3) is 0 Å². The van der Waals surface area contributed by atoms with Crippen LogP contribution in [0.15, 0.2) is 0 Å². The molecule has 0 spiro atoms. The Balaban J connectivity index is 3.93. The Hall–Kier alpha value is -1.14. The molecule has 0 heterocycles. The number of aliphatic hydroxyl groups is 1. The number of hydrogen-bond acceptors (Lipinski definition) is 4. The number of rotatable bonds is 8. The van der Waals surface area contributed by atoms with Gasteiger partial charge in [0.05, 0.1) is 6.61 Å². The van der Waals surface area contributed by atoms with Crippen LogP contribution >= 0.6 is 0 Å². The predicted molar refractivity (Wildman–Crippen MR) is 55.7 cm³/mol. The second-order valence-electron chi connectivity index (χ2n) is 3.28. The van der Waals surface area contributed by atoms with Crippen molar-refractivity contribution in [3.05, 3.63) is 0 Å². The first kappa shape index (κ1) is 13.9. The molecular formula is C9H19N3O3. The molecule has 0 aliphatic rings. The Morgan fingerprint density at radius 2 is 2.00 bits per heavy atom. The Bertz CT molecular complexity index is 209. The number of hydrogen-bond donors (Lipinski definition) is 4. The summed E-state index contributed by atoms with van der Waals surface area (Å²) in [6, 6.07) is -0.657. The zero-order valence-electron chi connectivity index (χ0n) is 8.74. The first-order valence-corrected chi connectivity index (χ1v) is 5.01. The van der Waals surface area contributed by atoms with E-state index in [1.165, 1.54) is 0 Å². The Kier molecular flexibility index (Phi) is 7.57. The summed E-state index contributed by atoms with van der Waals surface area (Å²) in [4.78, 5) is 22.0. The van der Waals surface area contributed by atoms with Crippen LogP contribution < -0.4 is 16.8 Å². The lowest BCUT2D eigenvalue weighted by Gasteiger charge is -2.14. The molecule has 0 fully saturated rings. The smallest absolute Gasteiger partial charge is 0.239 e. The van der Waals surface area contributed by atoms with Crippen LogP contribution in [0, 0.1) is 0 Å². The molecule has 0 rings (SSSR count). The third-order valence-corrected chi connectivity index (χ3v) is 1.96. The maximum atomic E-state index is 11.1. The molecule has 0 aliphatic heterocycles. The summed E-state index contributed by atoms with van der Waals surface area (Å²) in [6.07, 6.45) is 2.01. The zero-order chi connectivity index (χ0) is 11.7. The van der Waals surface area contributed by atoms with Crippen LogP contribution in [0.25, 0.3) is 0 Å². The van der Waals surface area contributed by atoms with Gasteiger partial charge in [-0.1, -0.05) is 0 Å². The Labute approximate surface area is 89.0 Å². The van der Waals surface area contributed by atoms with Crippen LogP contribution in [0.2, 0.25) is 0 Å². The van der Waals surface area contributed by atoms with E-state index < -0.39 is 11.9 Å². The molecule has 0 aromatic rings. The highest BCUT2D eigenvalue weighted by molar-refractivity contribution is 5.86. The fourth-order valence-electron chi connectivity index (χ4n) is 1.15. The van der Waals surface area contributed by atoms with Gasteiger partial charge in [0.15, 0.2) is 0 Å². The number of primary amides is 1. The highest BCUT2D eigenvalue weighted by atomic mass is 16.3. The van der Waals surface area contributed by atoms with Gasteiger partial charge in [0, 0.05) is 6.42 Å². The standard InChI is InChI=1S/C9H19N3O3/c10-5-2-1-3-7(9(11)15)12-8(14)4-6-13/h7,13H,1-6,10H2,(H2,11,15)(H,12,14)/t7-/m0/s1. The van der Waals surface area contributed by atoms with Gasteiger partial charge in [-0.05, 0) is 25.8 Å². The van der Waals surface area contributed by atoms with Crippen molar-refractivity contribution in [1.29, 1.82) is 0 Å². The number of carbonyl (C=O) groups is 2.